The van der Waals surface area contributed by atoms with Crippen LogP contribution in [0.5, 0.6) is 0 Å². The van der Waals surface area contributed by atoms with Crippen molar-refractivity contribution in [1.29, 1.82) is 5.26 Å². The van der Waals surface area contributed by atoms with Crippen molar-refractivity contribution in [2.24, 2.45) is 0 Å². The van der Waals surface area contributed by atoms with E-state index >= 15 is 0 Å². The van der Waals surface area contributed by atoms with E-state index in [-0.39, 0.29) is 11.9 Å². The maximum Gasteiger partial charge on any atom is 0.236 e. The van der Waals surface area contributed by atoms with Gasteiger partial charge in [-0.15, -0.1) is 0 Å². The van der Waals surface area contributed by atoms with E-state index in [2.05, 4.69) is 11.4 Å². The summed E-state index contributed by atoms with van der Waals surface area (Å²) in [5.41, 5.74) is 0. The first-order chi connectivity index (χ1) is 7.72. The summed E-state index contributed by atoms with van der Waals surface area (Å²) in [7, 11) is 0. The molecular weight excluding hydrogens is 204 g/mol. The van der Waals surface area contributed by atoms with E-state index in [0.717, 1.165) is 26.2 Å². The first kappa shape index (κ1) is 12.9. The molecule has 0 radical (unpaired) electrons. The van der Waals surface area contributed by atoms with Crippen LogP contribution in [0.15, 0.2) is 0 Å². The van der Waals surface area contributed by atoms with Crippen LogP contribution in [0, 0.1) is 11.3 Å². The summed E-state index contributed by atoms with van der Waals surface area (Å²) in [6.07, 6.45) is 0. The molecule has 16 heavy (non-hydrogen) atoms. The van der Waals surface area contributed by atoms with Crippen molar-refractivity contribution in [2.45, 2.75) is 19.9 Å². The minimum Gasteiger partial charge on any atom is -0.342 e. The van der Waals surface area contributed by atoms with Crippen molar-refractivity contribution in [3.05, 3.63) is 0 Å². The summed E-state index contributed by atoms with van der Waals surface area (Å²) in [5, 5.41) is 12.1. The maximum atomic E-state index is 11.9. The smallest absolute Gasteiger partial charge is 0.236 e. The predicted molar refractivity (Wildman–Crippen MR) is 61.8 cm³/mol. The number of hydrogen-bond acceptors (Lipinski definition) is 4. The van der Waals surface area contributed by atoms with E-state index in [4.69, 9.17) is 5.26 Å². The molecule has 1 aliphatic rings. The standard InChI is InChI=1S/C11H20N4O/c1-3-14(4-2)11(16)9-15-6-5-13-8-10(15)7-12/h10,13H,3-6,8-9H2,1-2H3. The third-order valence-corrected chi connectivity index (χ3v) is 2.96. The zero-order chi connectivity index (χ0) is 12.0. The highest BCUT2D eigenvalue weighted by Gasteiger charge is 2.24. The zero-order valence-corrected chi connectivity index (χ0v) is 10.1. The monoisotopic (exact) mass is 224 g/mol. The van der Waals surface area contributed by atoms with Gasteiger partial charge in [0.2, 0.25) is 5.91 Å². The lowest BCUT2D eigenvalue weighted by atomic mass is 10.2. The Hall–Kier alpha value is -1.12. The number of nitriles is 1. The van der Waals surface area contributed by atoms with Gasteiger partial charge in [-0.25, -0.2) is 0 Å². The average Bonchev–Trinajstić information content (AvgIpc) is 2.31. The molecule has 0 aromatic carbocycles. The summed E-state index contributed by atoms with van der Waals surface area (Å²) >= 11 is 0. The molecule has 0 aromatic heterocycles. The van der Waals surface area contributed by atoms with E-state index in [9.17, 15) is 4.79 Å². The van der Waals surface area contributed by atoms with Gasteiger partial charge in [-0.3, -0.25) is 9.69 Å². The van der Waals surface area contributed by atoms with Crippen molar-refractivity contribution in [1.82, 2.24) is 15.1 Å². The van der Waals surface area contributed by atoms with Crippen LogP contribution in [-0.2, 0) is 4.79 Å². The van der Waals surface area contributed by atoms with Crippen LogP contribution in [0.3, 0.4) is 0 Å². The normalized spacial score (nSPS) is 21.4. The second-order valence-electron chi connectivity index (χ2n) is 3.89. The fourth-order valence-electron chi connectivity index (χ4n) is 1.91. The lowest BCUT2D eigenvalue weighted by molar-refractivity contribution is -0.132. The summed E-state index contributed by atoms with van der Waals surface area (Å²) in [6, 6.07) is 2.05. The Balaban J connectivity index is 2.51. The molecule has 0 spiro atoms. The Labute approximate surface area is 97.0 Å². The van der Waals surface area contributed by atoms with Crippen molar-refractivity contribution < 1.29 is 4.79 Å². The fourth-order valence-corrected chi connectivity index (χ4v) is 1.91. The summed E-state index contributed by atoms with van der Waals surface area (Å²) < 4.78 is 0. The molecule has 0 bridgehead atoms. The van der Waals surface area contributed by atoms with Gasteiger partial charge < -0.3 is 10.2 Å². The molecule has 1 rings (SSSR count). The molecule has 1 unspecified atom stereocenters. The highest BCUT2D eigenvalue weighted by Crippen LogP contribution is 2.03. The van der Waals surface area contributed by atoms with Crippen LogP contribution < -0.4 is 5.32 Å². The third-order valence-electron chi connectivity index (χ3n) is 2.96. The maximum absolute atomic E-state index is 11.9. The van der Waals surface area contributed by atoms with Gasteiger partial charge in [0, 0.05) is 32.7 Å². The molecule has 1 heterocycles. The predicted octanol–water partition coefficient (Wildman–Crippen LogP) is -0.348. The number of amides is 1. The van der Waals surface area contributed by atoms with E-state index in [0.29, 0.717) is 13.1 Å². The second-order valence-corrected chi connectivity index (χ2v) is 3.89. The van der Waals surface area contributed by atoms with Crippen LogP contribution in [0.2, 0.25) is 0 Å². The number of rotatable bonds is 4. The van der Waals surface area contributed by atoms with Gasteiger partial charge in [0.1, 0.15) is 6.04 Å². The number of nitrogens with zero attached hydrogens (tertiary/aromatic N) is 3. The van der Waals surface area contributed by atoms with E-state index in [1.807, 2.05) is 18.7 Å². The molecule has 1 saturated heterocycles. The van der Waals surface area contributed by atoms with E-state index < -0.39 is 0 Å². The van der Waals surface area contributed by atoms with Gasteiger partial charge in [-0.05, 0) is 13.8 Å². The van der Waals surface area contributed by atoms with Crippen LogP contribution in [0.1, 0.15) is 13.8 Å². The summed E-state index contributed by atoms with van der Waals surface area (Å²) in [5.74, 6) is 0.118. The number of carbonyl (C=O) groups excluding carboxylic acids is 1. The highest BCUT2D eigenvalue weighted by molar-refractivity contribution is 5.78. The third kappa shape index (κ3) is 3.19. The number of piperazine rings is 1. The molecule has 1 amide bonds. The zero-order valence-electron chi connectivity index (χ0n) is 10.1. The van der Waals surface area contributed by atoms with Crippen LogP contribution in [0.25, 0.3) is 0 Å². The number of likely N-dealkylation sites (N-methyl/N-ethyl adjacent to an activating group) is 1. The highest BCUT2D eigenvalue weighted by atomic mass is 16.2. The fraction of sp³-hybridized carbons (Fsp3) is 0.818. The van der Waals surface area contributed by atoms with Gasteiger partial charge in [0.15, 0.2) is 0 Å². The van der Waals surface area contributed by atoms with Gasteiger partial charge >= 0.3 is 0 Å². The average molecular weight is 224 g/mol. The molecule has 0 aliphatic carbocycles. The molecule has 90 valence electrons. The quantitative estimate of drug-likeness (QED) is 0.709. The Bertz CT molecular complexity index is 270. The molecule has 1 aliphatic heterocycles. The van der Waals surface area contributed by atoms with Crippen molar-refractivity contribution in [3.63, 3.8) is 0 Å². The second kappa shape index (κ2) is 6.46. The van der Waals surface area contributed by atoms with Crippen LogP contribution >= 0.6 is 0 Å². The largest absolute Gasteiger partial charge is 0.342 e. The molecule has 5 heteroatoms. The van der Waals surface area contributed by atoms with Crippen molar-refractivity contribution in [3.8, 4) is 6.07 Å². The Morgan fingerprint density at radius 3 is 2.81 bits per heavy atom. The molecule has 1 atom stereocenters. The molecule has 5 nitrogen and oxygen atoms in total. The SMILES string of the molecule is CCN(CC)C(=O)CN1CCNCC1C#N. The summed E-state index contributed by atoms with van der Waals surface area (Å²) in [6.45, 7) is 8.05. The molecule has 0 aromatic rings. The number of carbonyl (C=O) groups is 1. The van der Waals surface area contributed by atoms with Crippen molar-refractivity contribution in [2.75, 3.05) is 39.3 Å². The van der Waals surface area contributed by atoms with Gasteiger partial charge in [0.25, 0.3) is 0 Å². The molecular formula is C11H20N4O. The Kier molecular flexibility index (Phi) is 5.23. The van der Waals surface area contributed by atoms with Crippen LogP contribution in [-0.4, -0.2) is 61.0 Å². The minimum atomic E-state index is -0.173. The van der Waals surface area contributed by atoms with Gasteiger partial charge in [0.05, 0.1) is 12.6 Å². The number of nitrogens with one attached hydrogen (secondary N) is 1. The topological polar surface area (TPSA) is 59.4 Å². The molecule has 0 saturated carbocycles. The van der Waals surface area contributed by atoms with Gasteiger partial charge in [-0.2, -0.15) is 5.26 Å². The lowest BCUT2D eigenvalue weighted by Gasteiger charge is -2.32. The Morgan fingerprint density at radius 1 is 1.56 bits per heavy atom. The lowest BCUT2D eigenvalue weighted by Crippen LogP contribution is -2.53. The first-order valence-electron chi connectivity index (χ1n) is 5.85. The van der Waals surface area contributed by atoms with Crippen molar-refractivity contribution >= 4 is 5.91 Å². The molecule has 1 N–H and O–H groups in total. The first-order valence-corrected chi connectivity index (χ1v) is 5.85. The van der Waals surface area contributed by atoms with Crippen LogP contribution in [0.4, 0.5) is 0 Å². The Morgan fingerprint density at radius 2 is 2.25 bits per heavy atom. The molecule has 1 fully saturated rings. The van der Waals surface area contributed by atoms with E-state index in [1.54, 1.807) is 4.90 Å². The minimum absolute atomic E-state index is 0.118. The van der Waals surface area contributed by atoms with Gasteiger partial charge in [-0.1, -0.05) is 0 Å². The number of hydrogen-bond donors (Lipinski definition) is 1. The van der Waals surface area contributed by atoms with E-state index in [1.165, 1.54) is 0 Å². The summed E-state index contributed by atoms with van der Waals surface area (Å²) in [4.78, 5) is 15.6.